The van der Waals surface area contributed by atoms with Gasteiger partial charge in [-0.25, -0.2) is 0 Å². The van der Waals surface area contributed by atoms with Gasteiger partial charge < -0.3 is 9.26 Å². The number of ether oxygens (including phenoxy) is 1. The summed E-state index contributed by atoms with van der Waals surface area (Å²) in [6, 6.07) is 7.45. The predicted molar refractivity (Wildman–Crippen MR) is 73.5 cm³/mol. The maximum atomic E-state index is 11.0. The number of hydrogen-bond donors (Lipinski definition) is 0. The number of nitrogens with zero attached hydrogens (tertiary/aromatic N) is 2. The standard InChI is InChI=1S/C15H18N2O3/c1-3-4-15-16-14(17-20-15)10-19-13-7-5-12(6-8-13)9-11(2)18/h5-8H,3-4,9-10H2,1-2H3. The molecule has 0 fully saturated rings. The average Bonchev–Trinajstić information content (AvgIpc) is 2.86. The number of benzene rings is 1. The molecule has 0 saturated carbocycles. The Labute approximate surface area is 118 Å². The lowest BCUT2D eigenvalue weighted by molar-refractivity contribution is -0.116. The monoisotopic (exact) mass is 274 g/mol. The van der Waals surface area contributed by atoms with Crippen LogP contribution in [0.3, 0.4) is 0 Å². The molecule has 0 aliphatic rings. The van der Waals surface area contributed by atoms with Crippen LogP contribution in [0.5, 0.6) is 5.75 Å². The smallest absolute Gasteiger partial charge is 0.226 e. The van der Waals surface area contributed by atoms with E-state index in [4.69, 9.17) is 9.26 Å². The van der Waals surface area contributed by atoms with Crippen LogP contribution in [0, 0.1) is 0 Å². The molecule has 5 heteroatoms. The van der Waals surface area contributed by atoms with Crippen LogP contribution in [0.2, 0.25) is 0 Å². The lowest BCUT2D eigenvalue weighted by atomic mass is 10.1. The molecular weight excluding hydrogens is 256 g/mol. The molecule has 0 atom stereocenters. The van der Waals surface area contributed by atoms with Crippen molar-refractivity contribution in [3.8, 4) is 5.75 Å². The molecule has 5 nitrogen and oxygen atoms in total. The van der Waals surface area contributed by atoms with Gasteiger partial charge in [-0.05, 0) is 31.0 Å². The average molecular weight is 274 g/mol. The van der Waals surface area contributed by atoms with Gasteiger partial charge in [-0.1, -0.05) is 24.2 Å². The van der Waals surface area contributed by atoms with Crippen molar-refractivity contribution < 1.29 is 14.1 Å². The Morgan fingerprint density at radius 3 is 2.70 bits per heavy atom. The van der Waals surface area contributed by atoms with Crippen molar-refractivity contribution in [1.29, 1.82) is 0 Å². The van der Waals surface area contributed by atoms with Gasteiger partial charge in [0.15, 0.2) is 6.61 Å². The maximum absolute atomic E-state index is 11.0. The van der Waals surface area contributed by atoms with Crippen molar-refractivity contribution >= 4 is 5.78 Å². The fourth-order valence-corrected chi connectivity index (χ4v) is 1.80. The first-order chi connectivity index (χ1) is 9.67. The third kappa shape index (κ3) is 4.19. The van der Waals surface area contributed by atoms with Gasteiger partial charge >= 0.3 is 0 Å². The molecule has 1 aromatic heterocycles. The molecule has 1 aromatic carbocycles. The Morgan fingerprint density at radius 2 is 2.05 bits per heavy atom. The molecule has 106 valence electrons. The van der Waals surface area contributed by atoms with Crippen LogP contribution in [0.1, 0.15) is 37.5 Å². The molecule has 0 unspecified atom stereocenters. The van der Waals surface area contributed by atoms with Crippen molar-refractivity contribution in [2.45, 2.75) is 39.7 Å². The van der Waals surface area contributed by atoms with E-state index in [1.54, 1.807) is 6.92 Å². The van der Waals surface area contributed by atoms with E-state index in [2.05, 4.69) is 17.1 Å². The molecule has 2 rings (SSSR count). The number of hydrogen-bond acceptors (Lipinski definition) is 5. The van der Waals surface area contributed by atoms with Gasteiger partial charge in [0.1, 0.15) is 11.5 Å². The first-order valence-electron chi connectivity index (χ1n) is 6.70. The minimum absolute atomic E-state index is 0.147. The normalized spacial score (nSPS) is 10.5. The van der Waals surface area contributed by atoms with Crippen molar-refractivity contribution in [3.05, 3.63) is 41.5 Å². The van der Waals surface area contributed by atoms with E-state index in [1.807, 2.05) is 24.3 Å². The fourth-order valence-electron chi connectivity index (χ4n) is 1.80. The molecular formula is C15H18N2O3. The summed E-state index contributed by atoms with van der Waals surface area (Å²) in [4.78, 5) is 15.2. The molecule has 2 aromatic rings. The van der Waals surface area contributed by atoms with E-state index in [9.17, 15) is 4.79 Å². The van der Waals surface area contributed by atoms with Crippen LogP contribution < -0.4 is 4.74 Å². The zero-order chi connectivity index (χ0) is 14.4. The second kappa shape index (κ2) is 6.84. The summed E-state index contributed by atoms with van der Waals surface area (Å²) in [5.41, 5.74) is 0.981. The fraction of sp³-hybridized carbons (Fsp3) is 0.400. The van der Waals surface area contributed by atoms with Crippen molar-refractivity contribution in [2.75, 3.05) is 0 Å². The second-order valence-corrected chi connectivity index (χ2v) is 4.67. The van der Waals surface area contributed by atoms with Gasteiger partial charge in [0.2, 0.25) is 11.7 Å². The summed E-state index contributed by atoms with van der Waals surface area (Å²) < 4.78 is 10.7. The van der Waals surface area contributed by atoms with Crippen LogP contribution in [0.4, 0.5) is 0 Å². The number of carbonyl (C=O) groups excluding carboxylic acids is 1. The van der Waals surface area contributed by atoms with E-state index >= 15 is 0 Å². The summed E-state index contributed by atoms with van der Waals surface area (Å²) in [5, 5.41) is 3.85. The van der Waals surface area contributed by atoms with Gasteiger partial charge in [0, 0.05) is 12.8 Å². The van der Waals surface area contributed by atoms with Crippen LogP contribution in [-0.2, 0) is 24.2 Å². The van der Waals surface area contributed by atoms with Crippen molar-refractivity contribution in [3.63, 3.8) is 0 Å². The Kier molecular flexibility index (Phi) is 4.87. The SMILES string of the molecule is CCCc1nc(COc2ccc(CC(C)=O)cc2)no1. The summed E-state index contributed by atoms with van der Waals surface area (Å²) in [6.07, 6.45) is 2.21. The molecule has 1 heterocycles. The quantitative estimate of drug-likeness (QED) is 0.776. The molecule has 0 bridgehead atoms. The third-order valence-corrected chi connectivity index (χ3v) is 2.72. The van der Waals surface area contributed by atoms with Gasteiger partial charge in [0.05, 0.1) is 0 Å². The Balaban J connectivity index is 1.88. The molecule has 20 heavy (non-hydrogen) atoms. The van der Waals surface area contributed by atoms with Gasteiger partial charge in [-0.3, -0.25) is 4.79 Å². The maximum Gasteiger partial charge on any atom is 0.226 e. The number of aromatic nitrogens is 2. The summed E-state index contributed by atoms with van der Waals surface area (Å²) in [5.74, 6) is 2.05. The highest BCUT2D eigenvalue weighted by molar-refractivity contribution is 5.78. The van der Waals surface area contributed by atoms with Crippen LogP contribution in [0.25, 0.3) is 0 Å². The molecule has 0 spiro atoms. The van der Waals surface area contributed by atoms with Gasteiger partial charge in [-0.15, -0.1) is 0 Å². The lowest BCUT2D eigenvalue weighted by Gasteiger charge is -2.04. The van der Waals surface area contributed by atoms with E-state index in [-0.39, 0.29) is 12.4 Å². The second-order valence-electron chi connectivity index (χ2n) is 4.67. The Morgan fingerprint density at radius 1 is 1.30 bits per heavy atom. The van der Waals surface area contributed by atoms with Crippen molar-refractivity contribution in [1.82, 2.24) is 10.1 Å². The number of aryl methyl sites for hydroxylation is 1. The zero-order valence-electron chi connectivity index (χ0n) is 11.8. The van der Waals surface area contributed by atoms with E-state index in [1.165, 1.54) is 0 Å². The molecule has 0 radical (unpaired) electrons. The van der Waals surface area contributed by atoms with E-state index in [0.717, 1.165) is 24.2 Å². The van der Waals surface area contributed by atoms with E-state index in [0.29, 0.717) is 18.1 Å². The number of Topliss-reactive ketones (excluding diaryl/α,β-unsaturated/α-hetero) is 1. The van der Waals surface area contributed by atoms with Crippen LogP contribution in [0.15, 0.2) is 28.8 Å². The highest BCUT2D eigenvalue weighted by Crippen LogP contribution is 2.14. The highest BCUT2D eigenvalue weighted by atomic mass is 16.5. The first-order valence-corrected chi connectivity index (χ1v) is 6.70. The van der Waals surface area contributed by atoms with Crippen LogP contribution >= 0.6 is 0 Å². The Bertz CT molecular complexity index is 561. The lowest BCUT2D eigenvalue weighted by Crippen LogP contribution is -1.99. The molecule has 0 aliphatic carbocycles. The number of ketones is 1. The van der Waals surface area contributed by atoms with Gasteiger partial charge in [-0.2, -0.15) is 4.98 Å². The molecule has 0 saturated heterocycles. The largest absolute Gasteiger partial charge is 0.485 e. The third-order valence-electron chi connectivity index (χ3n) is 2.72. The predicted octanol–water partition coefficient (Wildman–Crippen LogP) is 2.73. The first kappa shape index (κ1) is 14.2. The minimum Gasteiger partial charge on any atom is -0.485 e. The number of carbonyl (C=O) groups is 1. The Hall–Kier alpha value is -2.17. The minimum atomic E-state index is 0.147. The van der Waals surface area contributed by atoms with Crippen molar-refractivity contribution in [2.24, 2.45) is 0 Å². The topological polar surface area (TPSA) is 65.2 Å². The zero-order valence-corrected chi connectivity index (χ0v) is 11.8. The summed E-state index contributed by atoms with van der Waals surface area (Å²) in [6.45, 7) is 3.91. The summed E-state index contributed by atoms with van der Waals surface area (Å²) >= 11 is 0. The van der Waals surface area contributed by atoms with Gasteiger partial charge in [0.25, 0.3) is 0 Å². The number of rotatable bonds is 7. The van der Waals surface area contributed by atoms with E-state index < -0.39 is 0 Å². The molecule has 0 aliphatic heterocycles. The molecule has 0 amide bonds. The summed E-state index contributed by atoms with van der Waals surface area (Å²) in [7, 11) is 0. The molecule has 0 N–H and O–H groups in total. The highest BCUT2D eigenvalue weighted by Gasteiger charge is 2.06. The van der Waals surface area contributed by atoms with Crippen LogP contribution in [-0.4, -0.2) is 15.9 Å².